The van der Waals surface area contributed by atoms with Crippen LogP contribution in [0.4, 0.5) is 19.0 Å². The standard InChI is InChI=1S/C18H16F3N5/c19-18(20,21)12-3-1-11(2-4-12)14-10-25-17(26-13-5-6-22-9-13)16-15(14)23-7-8-24-16/h1-4,7-8,10,13,22H,5-6,9H2,(H,25,26). The maximum absolute atomic E-state index is 12.8. The molecular weight excluding hydrogens is 343 g/mol. The van der Waals surface area contributed by atoms with Gasteiger partial charge in [-0.1, -0.05) is 12.1 Å². The zero-order valence-electron chi connectivity index (χ0n) is 13.7. The monoisotopic (exact) mass is 359 g/mol. The molecule has 1 aliphatic heterocycles. The molecule has 0 bridgehead atoms. The van der Waals surface area contributed by atoms with E-state index in [2.05, 4.69) is 25.6 Å². The fourth-order valence-corrected chi connectivity index (χ4v) is 3.09. The summed E-state index contributed by atoms with van der Waals surface area (Å²) >= 11 is 0. The van der Waals surface area contributed by atoms with E-state index < -0.39 is 11.7 Å². The van der Waals surface area contributed by atoms with E-state index in [0.29, 0.717) is 28.0 Å². The van der Waals surface area contributed by atoms with Gasteiger partial charge in [0.2, 0.25) is 0 Å². The van der Waals surface area contributed by atoms with Gasteiger partial charge in [0.05, 0.1) is 5.56 Å². The summed E-state index contributed by atoms with van der Waals surface area (Å²) in [6.07, 6.45) is 1.41. The van der Waals surface area contributed by atoms with E-state index in [9.17, 15) is 13.2 Å². The topological polar surface area (TPSA) is 62.7 Å². The molecule has 4 rings (SSSR count). The fourth-order valence-electron chi connectivity index (χ4n) is 3.09. The molecule has 1 unspecified atom stereocenters. The number of fused-ring (bicyclic) bond motifs is 1. The molecule has 1 atom stereocenters. The summed E-state index contributed by atoms with van der Waals surface area (Å²) in [5, 5.41) is 6.64. The number of pyridine rings is 1. The van der Waals surface area contributed by atoms with Crippen LogP contribution in [-0.4, -0.2) is 34.1 Å². The minimum atomic E-state index is -4.36. The van der Waals surface area contributed by atoms with E-state index in [4.69, 9.17) is 0 Å². The third-order valence-corrected chi connectivity index (χ3v) is 4.42. The second-order valence-corrected chi connectivity index (χ2v) is 6.18. The van der Waals surface area contributed by atoms with Gasteiger partial charge in [0, 0.05) is 36.7 Å². The van der Waals surface area contributed by atoms with Gasteiger partial charge in [-0.15, -0.1) is 0 Å². The number of nitrogens with one attached hydrogen (secondary N) is 2. The predicted octanol–water partition coefficient (Wildman–Crippen LogP) is 3.48. The Hall–Kier alpha value is -2.74. The van der Waals surface area contributed by atoms with Crippen LogP contribution in [0.25, 0.3) is 22.2 Å². The molecular formula is C18H16F3N5. The highest BCUT2D eigenvalue weighted by Crippen LogP contribution is 2.33. The molecule has 26 heavy (non-hydrogen) atoms. The number of aromatic nitrogens is 3. The first kappa shape index (κ1) is 16.7. The third-order valence-electron chi connectivity index (χ3n) is 4.42. The SMILES string of the molecule is FC(F)(F)c1ccc(-c2cnc(NC3CCNC3)c3nccnc23)cc1. The average Bonchev–Trinajstić information content (AvgIpc) is 3.15. The summed E-state index contributed by atoms with van der Waals surface area (Å²) in [4.78, 5) is 13.2. The van der Waals surface area contributed by atoms with Crippen molar-refractivity contribution in [3.05, 3.63) is 48.4 Å². The van der Waals surface area contributed by atoms with Crippen molar-refractivity contribution in [2.45, 2.75) is 18.6 Å². The molecule has 2 aromatic heterocycles. The van der Waals surface area contributed by atoms with Gasteiger partial charge >= 0.3 is 6.18 Å². The summed E-state index contributed by atoms with van der Waals surface area (Å²) in [7, 11) is 0. The fraction of sp³-hybridized carbons (Fsp3) is 0.278. The lowest BCUT2D eigenvalue weighted by Crippen LogP contribution is -2.23. The zero-order chi connectivity index (χ0) is 18.1. The molecule has 8 heteroatoms. The minimum absolute atomic E-state index is 0.268. The number of nitrogens with zero attached hydrogens (tertiary/aromatic N) is 3. The molecule has 0 aliphatic carbocycles. The summed E-state index contributed by atoms with van der Waals surface area (Å²) in [5.74, 6) is 0.637. The predicted molar refractivity (Wildman–Crippen MR) is 92.7 cm³/mol. The van der Waals surface area contributed by atoms with Gasteiger partial charge in [-0.05, 0) is 30.7 Å². The Kier molecular flexibility index (Phi) is 4.20. The Morgan fingerprint density at radius 3 is 2.38 bits per heavy atom. The molecule has 1 fully saturated rings. The molecule has 1 aliphatic rings. The number of alkyl halides is 3. The number of benzene rings is 1. The Morgan fingerprint density at radius 1 is 1.00 bits per heavy atom. The summed E-state index contributed by atoms with van der Waals surface area (Å²) in [6, 6.07) is 5.26. The van der Waals surface area contributed by atoms with Crippen LogP contribution < -0.4 is 10.6 Å². The molecule has 1 aromatic carbocycles. The van der Waals surface area contributed by atoms with Gasteiger partial charge < -0.3 is 10.6 Å². The highest BCUT2D eigenvalue weighted by Gasteiger charge is 2.30. The molecule has 3 heterocycles. The second-order valence-electron chi connectivity index (χ2n) is 6.18. The molecule has 0 radical (unpaired) electrons. The van der Waals surface area contributed by atoms with Crippen molar-refractivity contribution < 1.29 is 13.2 Å². The highest BCUT2D eigenvalue weighted by molar-refractivity contribution is 5.96. The smallest absolute Gasteiger partial charge is 0.364 e. The van der Waals surface area contributed by atoms with Crippen molar-refractivity contribution in [1.29, 1.82) is 0 Å². The third kappa shape index (κ3) is 3.20. The lowest BCUT2D eigenvalue weighted by molar-refractivity contribution is -0.137. The largest absolute Gasteiger partial charge is 0.416 e. The quantitative estimate of drug-likeness (QED) is 0.750. The molecule has 1 saturated heterocycles. The van der Waals surface area contributed by atoms with Crippen LogP contribution in [-0.2, 0) is 6.18 Å². The summed E-state index contributed by atoms with van der Waals surface area (Å²) < 4.78 is 38.3. The van der Waals surface area contributed by atoms with Crippen molar-refractivity contribution in [1.82, 2.24) is 20.3 Å². The van der Waals surface area contributed by atoms with Crippen LogP contribution in [0.2, 0.25) is 0 Å². The van der Waals surface area contributed by atoms with Crippen LogP contribution >= 0.6 is 0 Å². The van der Waals surface area contributed by atoms with E-state index in [1.54, 1.807) is 18.6 Å². The molecule has 5 nitrogen and oxygen atoms in total. The lowest BCUT2D eigenvalue weighted by Gasteiger charge is -2.15. The minimum Gasteiger partial charge on any atom is -0.364 e. The van der Waals surface area contributed by atoms with Crippen molar-refractivity contribution in [2.24, 2.45) is 0 Å². The second kappa shape index (κ2) is 6.53. The van der Waals surface area contributed by atoms with Crippen LogP contribution in [0.3, 0.4) is 0 Å². The first-order valence-electron chi connectivity index (χ1n) is 8.27. The van der Waals surface area contributed by atoms with Gasteiger partial charge in [0.25, 0.3) is 0 Å². The van der Waals surface area contributed by atoms with Crippen LogP contribution in [0.5, 0.6) is 0 Å². The summed E-state index contributed by atoms with van der Waals surface area (Å²) in [6.45, 7) is 1.80. The van der Waals surface area contributed by atoms with E-state index in [-0.39, 0.29) is 6.04 Å². The molecule has 0 amide bonds. The molecule has 0 saturated carbocycles. The van der Waals surface area contributed by atoms with E-state index in [1.165, 1.54) is 12.1 Å². The number of halogens is 3. The first-order valence-corrected chi connectivity index (χ1v) is 8.27. The zero-order valence-corrected chi connectivity index (χ0v) is 13.7. The van der Waals surface area contributed by atoms with Crippen molar-refractivity contribution in [3.63, 3.8) is 0 Å². The van der Waals surface area contributed by atoms with Gasteiger partial charge in [-0.2, -0.15) is 13.2 Å². The Morgan fingerprint density at radius 2 is 1.73 bits per heavy atom. The Balaban J connectivity index is 1.74. The van der Waals surface area contributed by atoms with Crippen molar-refractivity contribution in [2.75, 3.05) is 18.4 Å². The summed E-state index contributed by atoms with van der Waals surface area (Å²) in [5.41, 5.74) is 1.80. The maximum atomic E-state index is 12.8. The van der Waals surface area contributed by atoms with Gasteiger partial charge in [-0.3, -0.25) is 4.98 Å². The number of hydrogen-bond donors (Lipinski definition) is 2. The van der Waals surface area contributed by atoms with Crippen molar-refractivity contribution in [3.8, 4) is 11.1 Å². The number of rotatable bonds is 3. The van der Waals surface area contributed by atoms with Crippen LogP contribution in [0.1, 0.15) is 12.0 Å². The number of hydrogen-bond acceptors (Lipinski definition) is 5. The lowest BCUT2D eigenvalue weighted by atomic mass is 10.0. The Labute approximate surface area is 147 Å². The molecule has 3 aromatic rings. The van der Waals surface area contributed by atoms with E-state index >= 15 is 0 Å². The normalized spacial score (nSPS) is 17.6. The van der Waals surface area contributed by atoms with Crippen LogP contribution in [0, 0.1) is 0 Å². The van der Waals surface area contributed by atoms with Crippen molar-refractivity contribution >= 4 is 16.9 Å². The average molecular weight is 359 g/mol. The first-order chi connectivity index (χ1) is 12.5. The molecule has 0 spiro atoms. The van der Waals surface area contributed by atoms with Gasteiger partial charge in [0.1, 0.15) is 11.0 Å². The van der Waals surface area contributed by atoms with Crippen LogP contribution in [0.15, 0.2) is 42.9 Å². The van der Waals surface area contributed by atoms with Gasteiger partial charge in [-0.25, -0.2) is 9.97 Å². The Bertz CT molecular complexity index is 918. The van der Waals surface area contributed by atoms with Gasteiger partial charge in [0.15, 0.2) is 5.82 Å². The highest BCUT2D eigenvalue weighted by atomic mass is 19.4. The van der Waals surface area contributed by atoms with E-state index in [1.807, 2.05) is 0 Å². The molecule has 2 N–H and O–H groups in total. The maximum Gasteiger partial charge on any atom is 0.416 e. The molecule has 134 valence electrons. The number of anilines is 1. The van der Waals surface area contributed by atoms with E-state index in [0.717, 1.165) is 31.6 Å².